The molecule has 0 bridgehead atoms. The van der Waals surface area contributed by atoms with Gasteiger partial charge in [0.1, 0.15) is 24.0 Å². The molecule has 0 saturated heterocycles. The normalized spacial score (nSPS) is 14.1. The summed E-state index contributed by atoms with van der Waals surface area (Å²) in [4.78, 5) is 40.4. The van der Waals surface area contributed by atoms with E-state index in [0.717, 1.165) is 53.4 Å². The maximum atomic E-state index is 14.2. The number of nitro benzene ring substituents is 1. The average Bonchev–Trinajstić information content (AvgIpc) is 3.50. The number of nitrogens with zero attached hydrogens (tertiary/aromatic N) is 3. The van der Waals surface area contributed by atoms with Gasteiger partial charge in [-0.1, -0.05) is 73.5 Å². The molecule has 0 aromatic heterocycles. The number of anilines is 1. The molecule has 0 heterocycles. The van der Waals surface area contributed by atoms with Crippen molar-refractivity contribution in [2.45, 2.75) is 50.7 Å². The van der Waals surface area contributed by atoms with Crippen LogP contribution in [0.4, 0.5) is 11.4 Å². The van der Waals surface area contributed by atoms with Gasteiger partial charge in [0.25, 0.3) is 5.69 Å². The lowest BCUT2D eigenvalue weighted by Gasteiger charge is -2.34. The molecule has 228 valence electrons. The molecule has 1 aliphatic carbocycles. The summed E-state index contributed by atoms with van der Waals surface area (Å²) in [5.41, 5.74) is 1.07. The molecule has 0 unspecified atom stereocenters. The van der Waals surface area contributed by atoms with Crippen LogP contribution in [0.15, 0.2) is 78.9 Å². The molecule has 1 fully saturated rings. The third-order valence-corrected chi connectivity index (χ3v) is 8.62. The van der Waals surface area contributed by atoms with Gasteiger partial charge in [0, 0.05) is 31.1 Å². The number of hydrogen-bond acceptors (Lipinski definition) is 7. The fraction of sp³-hybridized carbons (Fsp3) is 0.355. The predicted molar refractivity (Wildman–Crippen MR) is 163 cm³/mol. The highest BCUT2D eigenvalue weighted by Crippen LogP contribution is 2.34. The van der Waals surface area contributed by atoms with Crippen molar-refractivity contribution in [1.29, 1.82) is 0 Å². The van der Waals surface area contributed by atoms with Gasteiger partial charge in [0.2, 0.25) is 21.8 Å². The molecule has 1 N–H and O–H groups in total. The summed E-state index contributed by atoms with van der Waals surface area (Å²) >= 11 is 0. The molecule has 3 aromatic carbocycles. The quantitative estimate of drug-likeness (QED) is 0.228. The lowest BCUT2D eigenvalue weighted by molar-refractivity contribution is -0.384. The summed E-state index contributed by atoms with van der Waals surface area (Å²) < 4.78 is 32.2. The van der Waals surface area contributed by atoms with Crippen molar-refractivity contribution in [1.82, 2.24) is 10.2 Å². The third kappa shape index (κ3) is 8.31. The summed E-state index contributed by atoms with van der Waals surface area (Å²) in [5, 5.41) is 14.6. The van der Waals surface area contributed by atoms with Crippen LogP contribution in [0.2, 0.25) is 0 Å². The Balaban J connectivity index is 1.76. The van der Waals surface area contributed by atoms with Gasteiger partial charge in [-0.25, -0.2) is 8.42 Å². The Morgan fingerprint density at radius 2 is 1.60 bits per heavy atom. The molecule has 1 atom stereocenters. The first kappa shape index (κ1) is 31.5. The summed E-state index contributed by atoms with van der Waals surface area (Å²) in [6, 6.07) is 21.0. The van der Waals surface area contributed by atoms with Crippen LogP contribution in [0, 0.1) is 10.1 Å². The summed E-state index contributed by atoms with van der Waals surface area (Å²) in [6.07, 6.45) is 4.84. The first-order chi connectivity index (χ1) is 20.6. The minimum absolute atomic E-state index is 0.00102. The largest absolute Gasteiger partial charge is 0.495 e. The van der Waals surface area contributed by atoms with Crippen molar-refractivity contribution < 1.29 is 27.7 Å². The van der Waals surface area contributed by atoms with Crippen molar-refractivity contribution in [3.63, 3.8) is 0 Å². The Kier molecular flexibility index (Phi) is 10.4. The summed E-state index contributed by atoms with van der Waals surface area (Å²) in [6.45, 7) is -0.663. The molecule has 1 saturated carbocycles. The molecular formula is C31H36N4O7S. The summed E-state index contributed by atoms with van der Waals surface area (Å²) in [7, 11) is -2.83. The highest BCUT2D eigenvalue weighted by molar-refractivity contribution is 7.92. The number of nitrogens with one attached hydrogen (secondary N) is 1. The molecule has 4 rings (SSSR count). The van der Waals surface area contributed by atoms with E-state index in [4.69, 9.17) is 4.74 Å². The van der Waals surface area contributed by atoms with Gasteiger partial charge in [-0.05, 0) is 30.0 Å². The van der Waals surface area contributed by atoms with Gasteiger partial charge in [0.05, 0.1) is 18.3 Å². The molecule has 12 heteroatoms. The van der Waals surface area contributed by atoms with E-state index in [-0.39, 0.29) is 42.0 Å². The van der Waals surface area contributed by atoms with E-state index < -0.39 is 33.4 Å². The molecule has 43 heavy (non-hydrogen) atoms. The zero-order valence-electron chi connectivity index (χ0n) is 24.2. The number of hydrogen-bond donors (Lipinski definition) is 1. The van der Waals surface area contributed by atoms with E-state index in [1.165, 1.54) is 24.1 Å². The fourth-order valence-electron chi connectivity index (χ4n) is 5.28. The number of ether oxygens (including phenoxy) is 1. The molecule has 0 spiro atoms. The molecule has 1 aliphatic rings. The smallest absolute Gasteiger partial charge is 0.271 e. The van der Waals surface area contributed by atoms with Crippen molar-refractivity contribution >= 4 is 33.2 Å². The summed E-state index contributed by atoms with van der Waals surface area (Å²) in [5.74, 6) is -0.928. The van der Waals surface area contributed by atoms with Crippen LogP contribution in [0.1, 0.15) is 36.8 Å². The van der Waals surface area contributed by atoms with E-state index in [0.29, 0.717) is 0 Å². The van der Waals surface area contributed by atoms with Gasteiger partial charge >= 0.3 is 0 Å². The van der Waals surface area contributed by atoms with E-state index in [2.05, 4.69) is 5.32 Å². The Hall–Kier alpha value is -4.45. The van der Waals surface area contributed by atoms with E-state index in [1.54, 1.807) is 0 Å². The van der Waals surface area contributed by atoms with Crippen molar-refractivity contribution in [3.05, 3.63) is 100 Å². The van der Waals surface area contributed by atoms with Crippen LogP contribution in [0.5, 0.6) is 5.75 Å². The van der Waals surface area contributed by atoms with Crippen molar-refractivity contribution in [3.8, 4) is 5.75 Å². The zero-order valence-corrected chi connectivity index (χ0v) is 25.0. The maximum absolute atomic E-state index is 14.2. The van der Waals surface area contributed by atoms with E-state index in [9.17, 15) is 28.1 Å². The standard InChI is InChI=1S/C31H36N4O7S/c1-42-29-18-17-26(35(38)39)20-27(29)34(43(2,40)41)22-30(36)33(21-24-13-7-4-8-14-24)28(19-23-11-5-3-6-12-23)31(37)32-25-15-9-10-16-25/h3-8,11-14,17-18,20,25,28H,9-10,15-16,19,21-22H2,1-2H3,(H,32,37)/t28-/m1/s1. The second-order valence-corrected chi connectivity index (χ2v) is 12.5. The van der Waals surface area contributed by atoms with Gasteiger partial charge in [0.15, 0.2) is 0 Å². The molecule has 2 amide bonds. The number of nitro groups is 1. The zero-order chi connectivity index (χ0) is 31.0. The number of non-ortho nitro benzene ring substituents is 1. The van der Waals surface area contributed by atoms with Crippen LogP contribution in [-0.2, 0) is 32.6 Å². The Bertz CT molecular complexity index is 1530. The maximum Gasteiger partial charge on any atom is 0.271 e. The Labute approximate surface area is 251 Å². The number of carbonyl (C=O) groups excluding carboxylic acids is 2. The van der Waals surface area contributed by atoms with Gasteiger partial charge < -0.3 is 15.0 Å². The van der Waals surface area contributed by atoms with Gasteiger partial charge in [-0.3, -0.25) is 24.0 Å². The Morgan fingerprint density at radius 1 is 1.00 bits per heavy atom. The first-order valence-electron chi connectivity index (χ1n) is 14.0. The number of benzene rings is 3. The minimum atomic E-state index is -4.14. The molecule has 3 aromatic rings. The second kappa shape index (κ2) is 14.1. The van der Waals surface area contributed by atoms with Gasteiger partial charge in [-0.2, -0.15) is 0 Å². The van der Waals surface area contributed by atoms with Gasteiger partial charge in [-0.15, -0.1) is 0 Å². The number of methoxy groups -OCH3 is 1. The average molecular weight is 609 g/mol. The lowest BCUT2D eigenvalue weighted by Crippen LogP contribution is -2.54. The van der Waals surface area contributed by atoms with Crippen molar-refractivity contribution in [2.24, 2.45) is 0 Å². The first-order valence-corrected chi connectivity index (χ1v) is 15.9. The molecule has 11 nitrogen and oxygen atoms in total. The second-order valence-electron chi connectivity index (χ2n) is 10.6. The third-order valence-electron chi connectivity index (χ3n) is 7.49. The molecule has 0 aliphatic heterocycles. The number of carbonyl (C=O) groups is 2. The Morgan fingerprint density at radius 3 is 2.16 bits per heavy atom. The van der Waals surface area contributed by atoms with E-state index >= 15 is 0 Å². The monoisotopic (exact) mass is 608 g/mol. The highest BCUT2D eigenvalue weighted by Gasteiger charge is 2.35. The predicted octanol–water partition coefficient (Wildman–Crippen LogP) is 4.07. The highest BCUT2D eigenvalue weighted by atomic mass is 32.2. The van der Waals surface area contributed by atoms with Crippen LogP contribution < -0.4 is 14.4 Å². The number of sulfonamides is 1. The van der Waals surface area contributed by atoms with Crippen LogP contribution >= 0.6 is 0 Å². The molecular weight excluding hydrogens is 572 g/mol. The minimum Gasteiger partial charge on any atom is -0.495 e. The SMILES string of the molecule is COc1ccc([N+](=O)[O-])cc1N(CC(=O)N(Cc1ccccc1)[C@H](Cc1ccccc1)C(=O)NC1CCCC1)S(C)(=O)=O. The van der Waals surface area contributed by atoms with Crippen molar-refractivity contribution in [2.75, 3.05) is 24.2 Å². The number of amides is 2. The van der Waals surface area contributed by atoms with Crippen LogP contribution in [0.25, 0.3) is 0 Å². The van der Waals surface area contributed by atoms with Crippen LogP contribution in [-0.4, -0.2) is 62.0 Å². The lowest BCUT2D eigenvalue weighted by atomic mass is 10.0. The van der Waals surface area contributed by atoms with Crippen LogP contribution in [0.3, 0.4) is 0 Å². The topological polar surface area (TPSA) is 139 Å². The molecule has 0 radical (unpaired) electrons. The number of rotatable bonds is 13. The van der Waals surface area contributed by atoms with E-state index in [1.807, 2.05) is 60.7 Å². The fourth-order valence-corrected chi connectivity index (χ4v) is 6.13.